The molecule has 1 rings (SSSR count). The summed E-state index contributed by atoms with van der Waals surface area (Å²) in [4.78, 5) is 10.7. The molecule has 0 saturated heterocycles. The van der Waals surface area contributed by atoms with E-state index in [1.807, 2.05) is 0 Å². The van der Waals surface area contributed by atoms with Gasteiger partial charge in [0.25, 0.3) is 0 Å². The quantitative estimate of drug-likeness (QED) is 0.880. The molecule has 1 aromatic rings. The summed E-state index contributed by atoms with van der Waals surface area (Å²) >= 11 is 11.7. The van der Waals surface area contributed by atoms with Crippen LogP contribution in [0.2, 0.25) is 10.0 Å². The van der Waals surface area contributed by atoms with E-state index < -0.39 is 18.3 Å². The van der Waals surface area contributed by atoms with Crippen LogP contribution in [-0.2, 0) is 4.74 Å². The van der Waals surface area contributed by atoms with Crippen LogP contribution in [0.25, 0.3) is 0 Å². The molecule has 6 heteroatoms. The summed E-state index contributed by atoms with van der Waals surface area (Å²) in [5, 5.41) is 10.2. The molecular weight excluding hydrogens is 253 g/mol. The fourth-order valence-electron chi connectivity index (χ4n) is 1.28. The van der Waals surface area contributed by atoms with Gasteiger partial charge in [-0.2, -0.15) is 0 Å². The number of aliphatic hydroxyl groups is 1. The molecule has 0 radical (unpaired) electrons. The Morgan fingerprint density at radius 3 is 2.56 bits per heavy atom. The highest BCUT2D eigenvalue weighted by atomic mass is 35.5. The molecule has 0 aliphatic rings. The Labute approximate surface area is 103 Å². The SMILES string of the molecule is C[C@H](O)C(OC(N)=O)c1ccc(Cl)cc1Cl. The van der Waals surface area contributed by atoms with Crippen molar-refractivity contribution in [2.24, 2.45) is 5.73 Å². The molecule has 0 aromatic heterocycles. The van der Waals surface area contributed by atoms with Gasteiger partial charge in [-0.3, -0.25) is 0 Å². The summed E-state index contributed by atoms with van der Waals surface area (Å²) in [6, 6.07) is 4.66. The van der Waals surface area contributed by atoms with Crippen molar-refractivity contribution >= 4 is 29.3 Å². The summed E-state index contributed by atoms with van der Waals surface area (Å²) in [6.45, 7) is 1.47. The maximum Gasteiger partial charge on any atom is 0.405 e. The smallest absolute Gasteiger partial charge is 0.405 e. The number of primary amides is 1. The average Bonchev–Trinajstić information content (AvgIpc) is 2.14. The lowest BCUT2D eigenvalue weighted by Crippen LogP contribution is -2.25. The number of hydrogen-bond acceptors (Lipinski definition) is 3. The number of rotatable bonds is 3. The van der Waals surface area contributed by atoms with Gasteiger partial charge >= 0.3 is 6.09 Å². The van der Waals surface area contributed by atoms with E-state index in [1.165, 1.54) is 13.0 Å². The first-order valence-corrected chi connectivity index (χ1v) is 5.26. The Kier molecular flexibility index (Phi) is 4.41. The number of carbonyl (C=O) groups is 1. The highest BCUT2D eigenvalue weighted by Crippen LogP contribution is 2.30. The van der Waals surface area contributed by atoms with Crippen molar-refractivity contribution in [3.63, 3.8) is 0 Å². The molecule has 3 N–H and O–H groups in total. The lowest BCUT2D eigenvalue weighted by Gasteiger charge is -2.20. The summed E-state index contributed by atoms with van der Waals surface area (Å²) in [7, 11) is 0. The van der Waals surface area contributed by atoms with E-state index in [-0.39, 0.29) is 0 Å². The number of nitrogens with two attached hydrogens (primary N) is 1. The van der Waals surface area contributed by atoms with E-state index in [4.69, 9.17) is 33.7 Å². The minimum Gasteiger partial charge on any atom is -0.439 e. The number of amides is 1. The molecule has 1 amide bonds. The van der Waals surface area contributed by atoms with Crippen LogP contribution in [0, 0.1) is 0 Å². The highest BCUT2D eigenvalue weighted by Gasteiger charge is 2.23. The minimum absolute atomic E-state index is 0.305. The lowest BCUT2D eigenvalue weighted by atomic mass is 10.1. The van der Waals surface area contributed by atoms with Gasteiger partial charge in [-0.25, -0.2) is 4.79 Å². The Balaban J connectivity index is 3.05. The molecule has 2 atom stereocenters. The average molecular weight is 264 g/mol. The van der Waals surface area contributed by atoms with Gasteiger partial charge in [0.1, 0.15) is 0 Å². The van der Waals surface area contributed by atoms with Crippen molar-refractivity contribution < 1.29 is 14.6 Å². The van der Waals surface area contributed by atoms with Gasteiger partial charge in [0, 0.05) is 15.6 Å². The van der Waals surface area contributed by atoms with Crippen molar-refractivity contribution in [1.82, 2.24) is 0 Å². The predicted molar refractivity (Wildman–Crippen MR) is 61.6 cm³/mol. The van der Waals surface area contributed by atoms with Crippen LogP contribution in [0.1, 0.15) is 18.6 Å². The Hall–Kier alpha value is -0.970. The fourth-order valence-corrected chi connectivity index (χ4v) is 1.80. The van der Waals surface area contributed by atoms with Gasteiger partial charge in [-0.15, -0.1) is 0 Å². The molecule has 1 unspecified atom stereocenters. The highest BCUT2D eigenvalue weighted by molar-refractivity contribution is 6.35. The van der Waals surface area contributed by atoms with Crippen LogP contribution in [0.4, 0.5) is 4.79 Å². The van der Waals surface area contributed by atoms with E-state index in [0.29, 0.717) is 15.6 Å². The van der Waals surface area contributed by atoms with E-state index in [9.17, 15) is 9.90 Å². The van der Waals surface area contributed by atoms with Gasteiger partial charge in [-0.05, 0) is 19.1 Å². The molecule has 16 heavy (non-hydrogen) atoms. The number of aliphatic hydroxyl groups excluding tert-OH is 1. The van der Waals surface area contributed by atoms with Gasteiger partial charge in [0.05, 0.1) is 6.10 Å². The van der Waals surface area contributed by atoms with Crippen molar-refractivity contribution in [3.8, 4) is 0 Å². The molecule has 0 fully saturated rings. The van der Waals surface area contributed by atoms with Crippen LogP contribution < -0.4 is 5.73 Å². The van der Waals surface area contributed by atoms with Crippen molar-refractivity contribution in [1.29, 1.82) is 0 Å². The zero-order chi connectivity index (χ0) is 12.3. The molecule has 0 heterocycles. The Morgan fingerprint density at radius 2 is 2.12 bits per heavy atom. The maximum atomic E-state index is 10.7. The van der Waals surface area contributed by atoms with Crippen LogP contribution in [-0.4, -0.2) is 17.3 Å². The Morgan fingerprint density at radius 1 is 1.50 bits per heavy atom. The first-order valence-electron chi connectivity index (χ1n) is 4.51. The van der Waals surface area contributed by atoms with Gasteiger partial charge in [0.15, 0.2) is 6.10 Å². The molecule has 0 aliphatic heterocycles. The molecule has 88 valence electrons. The predicted octanol–water partition coefficient (Wildman–Crippen LogP) is 2.51. The van der Waals surface area contributed by atoms with Gasteiger partial charge in [0.2, 0.25) is 0 Å². The van der Waals surface area contributed by atoms with E-state index in [0.717, 1.165) is 0 Å². The third kappa shape index (κ3) is 3.27. The van der Waals surface area contributed by atoms with Crippen molar-refractivity contribution in [2.75, 3.05) is 0 Å². The third-order valence-corrected chi connectivity index (χ3v) is 2.51. The second-order valence-electron chi connectivity index (χ2n) is 3.26. The van der Waals surface area contributed by atoms with Gasteiger partial charge < -0.3 is 15.6 Å². The topological polar surface area (TPSA) is 72.6 Å². The van der Waals surface area contributed by atoms with E-state index in [2.05, 4.69) is 0 Å². The maximum absolute atomic E-state index is 10.7. The summed E-state index contributed by atoms with van der Waals surface area (Å²) < 4.78 is 4.78. The molecule has 0 spiro atoms. The number of hydrogen-bond donors (Lipinski definition) is 2. The Bertz CT molecular complexity index is 396. The largest absolute Gasteiger partial charge is 0.439 e. The zero-order valence-corrected chi connectivity index (χ0v) is 10.00. The van der Waals surface area contributed by atoms with Crippen molar-refractivity contribution in [3.05, 3.63) is 33.8 Å². The first-order chi connectivity index (χ1) is 7.41. The second kappa shape index (κ2) is 5.39. The molecule has 0 saturated carbocycles. The first kappa shape index (κ1) is 13.1. The second-order valence-corrected chi connectivity index (χ2v) is 4.11. The summed E-state index contributed by atoms with van der Waals surface area (Å²) in [5.41, 5.74) is 5.37. The normalized spacial score (nSPS) is 14.2. The van der Waals surface area contributed by atoms with Gasteiger partial charge in [-0.1, -0.05) is 29.3 Å². The molecular formula is C10H11Cl2NO3. The van der Waals surface area contributed by atoms with Crippen LogP contribution in [0.3, 0.4) is 0 Å². The monoisotopic (exact) mass is 263 g/mol. The lowest BCUT2D eigenvalue weighted by molar-refractivity contribution is 0.0148. The molecule has 0 bridgehead atoms. The molecule has 4 nitrogen and oxygen atoms in total. The number of halogens is 2. The fraction of sp³-hybridized carbons (Fsp3) is 0.300. The number of carbonyl (C=O) groups excluding carboxylic acids is 1. The van der Waals surface area contributed by atoms with E-state index in [1.54, 1.807) is 12.1 Å². The molecule has 0 aliphatic carbocycles. The van der Waals surface area contributed by atoms with Crippen LogP contribution in [0.15, 0.2) is 18.2 Å². The van der Waals surface area contributed by atoms with Crippen LogP contribution in [0.5, 0.6) is 0 Å². The van der Waals surface area contributed by atoms with Crippen LogP contribution >= 0.6 is 23.2 Å². The zero-order valence-electron chi connectivity index (χ0n) is 8.48. The third-order valence-electron chi connectivity index (χ3n) is 1.95. The summed E-state index contributed by atoms with van der Waals surface area (Å²) in [5.74, 6) is 0. The standard InChI is InChI=1S/C10H11Cl2NO3/c1-5(14)9(16-10(13)15)7-3-2-6(11)4-8(7)12/h2-5,9,14H,1H3,(H2,13,15)/t5-,9?/m0/s1. The summed E-state index contributed by atoms with van der Waals surface area (Å²) in [6.07, 6.45) is -2.80. The van der Waals surface area contributed by atoms with E-state index >= 15 is 0 Å². The minimum atomic E-state index is -0.975. The number of benzene rings is 1. The number of ether oxygens (including phenoxy) is 1. The van der Waals surface area contributed by atoms with Crippen molar-refractivity contribution in [2.45, 2.75) is 19.1 Å². The molecule has 1 aromatic carbocycles.